The molecule has 0 aliphatic heterocycles. The van der Waals surface area contributed by atoms with E-state index in [-0.39, 0.29) is 11.3 Å². The Bertz CT molecular complexity index is 316. The lowest BCUT2D eigenvalue weighted by Gasteiger charge is -2.16. The largest absolute Gasteiger partial charge is 0.295 e. The maximum Gasteiger partial charge on any atom is 0.229 e. The molecule has 0 saturated heterocycles. The maximum absolute atomic E-state index is 11.5. The summed E-state index contributed by atoms with van der Waals surface area (Å²) in [6.45, 7) is 6.33. The van der Waals surface area contributed by atoms with Crippen molar-refractivity contribution in [3.63, 3.8) is 0 Å². The van der Waals surface area contributed by atoms with Gasteiger partial charge in [-0.05, 0) is 17.9 Å². The Kier molecular flexibility index (Phi) is 3.77. The van der Waals surface area contributed by atoms with E-state index >= 15 is 0 Å². The summed E-state index contributed by atoms with van der Waals surface area (Å²) in [5.41, 5.74) is 0.175. The Balaban J connectivity index is 2.38. The molecule has 0 saturated carbocycles. The van der Waals surface area contributed by atoms with E-state index in [0.717, 1.165) is 6.42 Å². The van der Waals surface area contributed by atoms with Gasteiger partial charge < -0.3 is 0 Å². The zero-order valence-corrected chi connectivity index (χ0v) is 9.45. The second-order valence-electron chi connectivity index (χ2n) is 4.68. The van der Waals surface area contributed by atoms with Crippen LogP contribution in [0.4, 0.5) is 5.95 Å². The van der Waals surface area contributed by atoms with Crippen LogP contribution in [-0.2, 0) is 4.79 Å². The highest BCUT2D eigenvalue weighted by molar-refractivity contribution is 5.88. The van der Waals surface area contributed by atoms with Crippen LogP contribution in [0, 0.1) is 5.41 Å². The molecular weight excluding hydrogens is 190 g/mol. The minimum Gasteiger partial charge on any atom is -0.295 e. The second kappa shape index (κ2) is 4.87. The monoisotopic (exact) mass is 207 g/mol. The molecule has 0 spiro atoms. The van der Waals surface area contributed by atoms with E-state index in [2.05, 4.69) is 36.1 Å². The summed E-state index contributed by atoms with van der Waals surface area (Å²) < 4.78 is 0. The van der Waals surface area contributed by atoms with E-state index in [9.17, 15) is 4.79 Å². The number of rotatable bonds is 3. The first kappa shape index (κ1) is 11.6. The fourth-order valence-electron chi connectivity index (χ4n) is 1.04. The third-order valence-electron chi connectivity index (χ3n) is 1.92. The van der Waals surface area contributed by atoms with Crippen LogP contribution in [0.5, 0.6) is 0 Å². The standard InChI is InChI=1S/C11H17N3O/c1-11(2,3)6-5-9(15)14-10-12-7-4-8-13-10/h4,7-8H,5-6H2,1-3H3,(H,12,13,14,15). The quantitative estimate of drug-likeness (QED) is 0.827. The molecule has 1 aromatic heterocycles. The van der Waals surface area contributed by atoms with Gasteiger partial charge in [-0.3, -0.25) is 10.1 Å². The average Bonchev–Trinajstić information content (AvgIpc) is 2.15. The molecule has 0 bridgehead atoms. The van der Waals surface area contributed by atoms with Gasteiger partial charge in [-0.1, -0.05) is 20.8 Å². The van der Waals surface area contributed by atoms with Crippen molar-refractivity contribution in [2.45, 2.75) is 33.6 Å². The number of carbonyl (C=O) groups is 1. The minimum atomic E-state index is -0.0314. The van der Waals surface area contributed by atoms with E-state index in [1.54, 1.807) is 18.5 Å². The lowest BCUT2D eigenvalue weighted by Crippen LogP contribution is -2.16. The Labute approximate surface area is 90.1 Å². The molecule has 15 heavy (non-hydrogen) atoms. The Morgan fingerprint density at radius 3 is 2.47 bits per heavy atom. The van der Waals surface area contributed by atoms with Crippen LogP contribution in [0.2, 0.25) is 0 Å². The van der Waals surface area contributed by atoms with E-state index in [1.807, 2.05) is 0 Å². The fraction of sp³-hybridized carbons (Fsp3) is 0.545. The lowest BCUT2D eigenvalue weighted by atomic mass is 9.90. The number of hydrogen-bond donors (Lipinski definition) is 1. The molecule has 0 radical (unpaired) electrons. The van der Waals surface area contributed by atoms with Gasteiger partial charge in [0, 0.05) is 18.8 Å². The summed E-state index contributed by atoms with van der Waals surface area (Å²) in [5.74, 6) is 0.340. The second-order valence-corrected chi connectivity index (χ2v) is 4.68. The topological polar surface area (TPSA) is 54.9 Å². The fourth-order valence-corrected chi connectivity index (χ4v) is 1.04. The van der Waals surface area contributed by atoms with E-state index in [1.165, 1.54) is 0 Å². The summed E-state index contributed by atoms with van der Waals surface area (Å²) >= 11 is 0. The predicted molar refractivity (Wildman–Crippen MR) is 59.4 cm³/mol. The molecular formula is C11H17N3O. The molecule has 1 aromatic rings. The molecule has 0 unspecified atom stereocenters. The van der Waals surface area contributed by atoms with Crippen molar-refractivity contribution in [1.29, 1.82) is 0 Å². The van der Waals surface area contributed by atoms with E-state index < -0.39 is 0 Å². The summed E-state index contributed by atoms with van der Waals surface area (Å²) in [4.78, 5) is 19.3. The highest BCUT2D eigenvalue weighted by Crippen LogP contribution is 2.20. The molecule has 0 atom stereocenters. The number of anilines is 1. The van der Waals surface area contributed by atoms with Crippen LogP contribution in [0.1, 0.15) is 33.6 Å². The van der Waals surface area contributed by atoms with Crippen molar-refractivity contribution in [1.82, 2.24) is 9.97 Å². The first-order chi connectivity index (χ1) is 6.97. The van der Waals surface area contributed by atoms with E-state index in [0.29, 0.717) is 12.4 Å². The molecule has 1 heterocycles. The van der Waals surface area contributed by atoms with Crippen molar-refractivity contribution in [2.75, 3.05) is 5.32 Å². The maximum atomic E-state index is 11.5. The molecule has 1 rings (SSSR count). The van der Waals surface area contributed by atoms with Gasteiger partial charge in [0.25, 0.3) is 0 Å². The van der Waals surface area contributed by atoms with Crippen LogP contribution in [-0.4, -0.2) is 15.9 Å². The Morgan fingerprint density at radius 1 is 1.33 bits per heavy atom. The number of amides is 1. The van der Waals surface area contributed by atoms with Gasteiger partial charge >= 0.3 is 0 Å². The number of nitrogens with one attached hydrogen (secondary N) is 1. The lowest BCUT2D eigenvalue weighted by molar-refractivity contribution is -0.116. The molecule has 4 heteroatoms. The first-order valence-electron chi connectivity index (χ1n) is 5.04. The minimum absolute atomic E-state index is 0.0314. The van der Waals surface area contributed by atoms with Crippen molar-refractivity contribution in [3.8, 4) is 0 Å². The van der Waals surface area contributed by atoms with Crippen molar-refractivity contribution in [2.24, 2.45) is 5.41 Å². The molecule has 0 aliphatic carbocycles. The SMILES string of the molecule is CC(C)(C)CCC(=O)Nc1ncccn1. The number of nitrogens with zero attached hydrogens (tertiary/aromatic N) is 2. The molecule has 0 aromatic carbocycles. The van der Waals surface area contributed by atoms with Crippen molar-refractivity contribution >= 4 is 11.9 Å². The summed E-state index contributed by atoms with van der Waals surface area (Å²) in [6.07, 6.45) is 4.56. The van der Waals surface area contributed by atoms with Gasteiger partial charge in [0.15, 0.2) is 0 Å². The number of hydrogen-bond acceptors (Lipinski definition) is 3. The predicted octanol–water partition coefficient (Wildman–Crippen LogP) is 2.24. The van der Waals surface area contributed by atoms with E-state index in [4.69, 9.17) is 0 Å². The Morgan fingerprint density at radius 2 is 1.93 bits per heavy atom. The van der Waals surface area contributed by atoms with Crippen LogP contribution in [0.3, 0.4) is 0 Å². The highest BCUT2D eigenvalue weighted by Gasteiger charge is 2.13. The number of carbonyl (C=O) groups excluding carboxylic acids is 1. The zero-order chi connectivity index (χ0) is 11.3. The summed E-state index contributed by atoms with van der Waals surface area (Å²) in [6, 6.07) is 1.71. The zero-order valence-electron chi connectivity index (χ0n) is 9.45. The molecule has 0 fully saturated rings. The van der Waals surface area contributed by atoms with Crippen LogP contribution in [0.25, 0.3) is 0 Å². The van der Waals surface area contributed by atoms with Crippen molar-refractivity contribution in [3.05, 3.63) is 18.5 Å². The smallest absolute Gasteiger partial charge is 0.229 e. The Hall–Kier alpha value is -1.45. The third kappa shape index (κ3) is 5.10. The van der Waals surface area contributed by atoms with Gasteiger partial charge in [-0.2, -0.15) is 0 Å². The van der Waals surface area contributed by atoms with Gasteiger partial charge in [0.1, 0.15) is 0 Å². The average molecular weight is 207 g/mol. The van der Waals surface area contributed by atoms with Gasteiger partial charge in [-0.25, -0.2) is 9.97 Å². The van der Waals surface area contributed by atoms with Gasteiger partial charge in [0.05, 0.1) is 0 Å². The van der Waals surface area contributed by atoms with Gasteiger partial charge in [0.2, 0.25) is 11.9 Å². The molecule has 1 amide bonds. The number of aromatic nitrogens is 2. The van der Waals surface area contributed by atoms with Crippen LogP contribution >= 0.6 is 0 Å². The molecule has 0 aliphatic rings. The summed E-state index contributed by atoms with van der Waals surface area (Å²) in [7, 11) is 0. The van der Waals surface area contributed by atoms with Crippen LogP contribution < -0.4 is 5.32 Å². The molecule has 4 nitrogen and oxygen atoms in total. The van der Waals surface area contributed by atoms with Crippen molar-refractivity contribution < 1.29 is 4.79 Å². The third-order valence-corrected chi connectivity index (χ3v) is 1.92. The summed E-state index contributed by atoms with van der Waals surface area (Å²) in [5, 5.41) is 2.65. The van der Waals surface area contributed by atoms with Crippen LogP contribution in [0.15, 0.2) is 18.5 Å². The highest BCUT2D eigenvalue weighted by atomic mass is 16.1. The molecule has 1 N–H and O–H groups in total. The van der Waals surface area contributed by atoms with Gasteiger partial charge in [-0.15, -0.1) is 0 Å². The first-order valence-corrected chi connectivity index (χ1v) is 5.04. The normalized spacial score (nSPS) is 11.1. The molecule has 82 valence electrons.